The number of anilines is 1. The molecule has 21 heavy (non-hydrogen) atoms. The molecule has 0 saturated heterocycles. The second kappa shape index (κ2) is 7.28. The van der Waals surface area contributed by atoms with Crippen molar-refractivity contribution in [2.24, 2.45) is 4.99 Å². The van der Waals surface area contributed by atoms with E-state index in [4.69, 9.17) is 0 Å². The smallest absolute Gasteiger partial charge is 0.0954 e. The number of nitrogens with zero attached hydrogens (tertiary/aromatic N) is 2. The zero-order chi connectivity index (χ0) is 14.7. The van der Waals surface area contributed by atoms with Crippen molar-refractivity contribution in [3.63, 3.8) is 0 Å². The molecule has 2 aromatic rings. The van der Waals surface area contributed by atoms with Gasteiger partial charge in [-0.15, -0.1) is 12.4 Å². The Kier molecular flexibility index (Phi) is 5.98. The third-order valence-electron chi connectivity index (χ3n) is 3.45. The van der Waals surface area contributed by atoms with Crippen molar-refractivity contribution < 1.29 is 0 Å². The first-order valence-corrected chi connectivity index (χ1v) is 6.89. The van der Waals surface area contributed by atoms with E-state index in [0.717, 1.165) is 5.69 Å². The molecule has 0 radical (unpaired) electrons. The number of benzene rings is 2. The summed E-state index contributed by atoms with van der Waals surface area (Å²) < 4.78 is 0. The number of halogens is 1. The van der Waals surface area contributed by atoms with Gasteiger partial charge < -0.3 is 4.90 Å². The van der Waals surface area contributed by atoms with Gasteiger partial charge in [-0.05, 0) is 51.0 Å². The third kappa shape index (κ3) is 4.33. The van der Waals surface area contributed by atoms with E-state index in [1.807, 2.05) is 13.4 Å². The fourth-order valence-corrected chi connectivity index (χ4v) is 2.36. The molecule has 3 heteroatoms. The van der Waals surface area contributed by atoms with Gasteiger partial charge in [-0.1, -0.05) is 35.4 Å². The van der Waals surface area contributed by atoms with Crippen molar-refractivity contribution in [3.8, 4) is 0 Å². The third-order valence-corrected chi connectivity index (χ3v) is 3.45. The van der Waals surface area contributed by atoms with Crippen LogP contribution in [0.4, 0.5) is 11.4 Å². The van der Waals surface area contributed by atoms with Crippen LogP contribution >= 0.6 is 12.4 Å². The van der Waals surface area contributed by atoms with E-state index in [0.29, 0.717) is 0 Å². The highest BCUT2D eigenvalue weighted by Gasteiger charge is 2.02. The minimum atomic E-state index is 0. The molecule has 0 N–H and O–H groups in total. The molecule has 0 amide bonds. The predicted octanol–water partition coefficient (Wildman–Crippen LogP) is 5.14. The second-order valence-corrected chi connectivity index (χ2v) is 5.44. The summed E-state index contributed by atoms with van der Waals surface area (Å²) >= 11 is 0. The summed E-state index contributed by atoms with van der Waals surface area (Å²) in [4.78, 5) is 6.65. The molecular weight excluding hydrogens is 280 g/mol. The Hall–Kier alpha value is -1.80. The number of rotatable bonds is 3. The summed E-state index contributed by atoms with van der Waals surface area (Å²) in [6.07, 6.45) is 1.88. The van der Waals surface area contributed by atoms with Gasteiger partial charge in [0.15, 0.2) is 0 Å². The first-order valence-electron chi connectivity index (χ1n) is 6.89. The molecular formula is C18H23ClN2. The van der Waals surface area contributed by atoms with Crippen molar-refractivity contribution in [1.29, 1.82) is 0 Å². The van der Waals surface area contributed by atoms with Crippen molar-refractivity contribution in [2.75, 3.05) is 11.9 Å². The summed E-state index contributed by atoms with van der Waals surface area (Å²) in [5.41, 5.74) is 7.22. The SMILES string of the molecule is Cc1ccc(N=CN(C)c2ccc(C)cc2C)c(C)c1.Cl. The zero-order valence-corrected chi connectivity index (χ0v) is 14.2. The lowest BCUT2D eigenvalue weighted by Gasteiger charge is -2.16. The van der Waals surface area contributed by atoms with Gasteiger partial charge in [-0.3, -0.25) is 0 Å². The molecule has 0 saturated carbocycles. The van der Waals surface area contributed by atoms with Crippen LogP contribution in [-0.4, -0.2) is 13.4 Å². The predicted molar refractivity (Wildman–Crippen MR) is 95.6 cm³/mol. The largest absolute Gasteiger partial charge is 0.335 e. The summed E-state index contributed by atoms with van der Waals surface area (Å²) in [5.74, 6) is 0. The van der Waals surface area contributed by atoms with Gasteiger partial charge in [0, 0.05) is 12.7 Å². The molecule has 0 aromatic heterocycles. The van der Waals surface area contributed by atoms with Gasteiger partial charge in [0.05, 0.1) is 12.0 Å². The van der Waals surface area contributed by atoms with Crippen molar-refractivity contribution in [1.82, 2.24) is 0 Å². The number of hydrogen-bond donors (Lipinski definition) is 0. The molecule has 2 rings (SSSR count). The van der Waals surface area contributed by atoms with E-state index < -0.39 is 0 Å². The molecule has 0 spiro atoms. The Bertz CT molecular complexity index is 648. The molecule has 2 nitrogen and oxygen atoms in total. The monoisotopic (exact) mass is 302 g/mol. The van der Waals surface area contributed by atoms with E-state index in [1.165, 1.54) is 27.9 Å². The summed E-state index contributed by atoms with van der Waals surface area (Å²) in [5, 5.41) is 0. The lowest BCUT2D eigenvalue weighted by Crippen LogP contribution is -2.15. The van der Waals surface area contributed by atoms with Gasteiger partial charge in [0.2, 0.25) is 0 Å². The van der Waals surface area contributed by atoms with E-state index >= 15 is 0 Å². The van der Waals surface area contributed by atoms with Crippen LogP contribution in [0.3, 0.4) is 0 Å². The average molecular weight is 303 g/mol. The molecule has 0 heterocycles. The van der Waals surface area contributed by atoms with E-state index in [-0.39, 0.29) is 12.4 Å². The van der Waals surface area contributed by atoms with Crippen LogP contribution < -0.4 is 4.90 Å². The first kappa shape index (κ1) is 17.3. The minimum absolute atomic E-state index is 0. The highest BCUT2D eigenvalue weighted by atomic mass is 35.5. The number of aliphatic imine (C=N–C) groups is 1. The highest BCUT2D eigenvalue weighted by Crippen LogP contribution is 2.21. The van der Waals surface area contributed by atoms with Gasteiger partial charge in [0.1, 0.15) is 0 Å². The van der Waals surface area contributed by atoms with E-state index in [9.17, 15) is 0 Å². The maximum Gasteiger partial charge on any atom is 0.0954 e. The van der Waals surface area contributed by atoms with Gasteiger partial charge >= 0.3 is 0 Å². The van der Waals surface area contributed by atoms with E-state index in [1.54, 1.807) is 0 Å². The molecule has 0 aliphatic heterocycles. The van der Waals surface area contributed by atoms with Crippen LogP contribution in [-0.2, 0) is 0 Å². The van der Waals surface area contributed by atoms with Gasteiger partial charge in [-0.2, -0.15) is 0 Å². The topological polar surface area (TPSA) is 15.6 Å². The Morgan fingerprint density at radius 3 is 2.00 bits per heavy atom. The molecule has 0 atom stereocenters. The summed E-state index contributed by atoms with van der Waals surface area (Å²) in [6, 6.07) is 12.8. The van der Waals surface area contributed by atoms with Crippen LogP contribution in [0, 0.1) is 27.7 Å². The molecule has 0 aliphatic rings. The van der Waals surface area contributed by atoms with E-state index in [2.05, 4.69) is 74.0 Å². The van der Waals surface area contributed by atoms with Crippen LogP contribution in [0.15, 0.2) is 41.4 Å². The highest BCUT2D eigenvalue weighted by molar-refractivity contribution is 5.85. The quantitative estimate of drug-likeness (QED) is 0.566. The van der Waals surface area contributed by atoms with Crippen LogP contribution in [0.25, 0.3) is 0 Å². The maximum atomic E-state index is 4.59. The van der Waals surface area contributed by atoms with Gasteiger partial charge in [-0.25, -0.2) is 4.99 Å². The number of aryl methyl sites for hydroxylation is 4. The van der Waals surface area contributed by atoms with Crippen LogP contribution in [0.2, 0.25) is 0 Å². The standard InChI is InChI=1S/C18H22N2.ClH/c1-13-6-8-17(15(3)10-13)19-12-20(5)18-9-7-14(2)11-16(18)4;/h6-12H,1-5H3;1H. The molecule has 0 fully saturated rings. The maximum absolute atomic E-state index is 4.59. The van der Waals surface area contributed by atoms with Crippen molar-refractivity contribution in [2.45, 2.75) is 27.7 Å². The molecule has 2 aromatic carbocycles. The van der Waals surface area contributed by atoms with Crippen LogP contribution in [0.1, 0.15) is 22.3 Å². The Morgan fingerprint density at radius 2 is 1.43 bits per heavy atom. The summed E-state index contributed by atoms with van der Waals surface area (Å²) in [6.45, 7) is 8.43. The lowest BCUT2D eigenvalue weighted by atomic mass is 10.1. The first-order chi connectivity index (χ1) is 9.47. The van der Waals surface area contributed by atoms with Crippen molar-refractivity contribution >= 4 is 30.1 Å². The second-order valence-electron chi connectivity index (χ2n) is 5.44. The molecule has 0 unspecified atom stereocenters. The molecule has 112 valence electrons. The Morgan fingerprint density at radius 1 is 0.857 bits per heavy atom. The summed E-state index contributed by atoms with van der Waals surface area (Å²) in [7, 11) is 2.03. The normalized spacial score (nSPS) is 10.5. The van der Waals surface area contributed by atoms with Crippen LogP contribution in [0.5, 0.6) is 0 Å². The average Bonchev–Trinajstić information content (AvgIpc) is 2.37. The number of hydrogen-bond acceptors (Lipinski definition) is 1. The minimum Gasteiger partial charge on any atom is -0.335 e. The lowest BCUT2D eigenvalue weighted by molar-refractivity contribution is 1.23. The molecule has 0 bridgehead atoms. The fraction of sp³-hybridized carbons (Fsp3) is 0.278. The Balaban J connectivity index is 0.00000220. The van der Waals surface area contributed by atoms with Crippen molar-refractivity contribution in [3.05, 3.63) is 58.7 Å². The fourth-order valence-electron chi connectivity index (χ4n) is 2.36. The zero-order valence-electron chi connectivity index (χ0n) is 13.3. The molecule has 0 aliphatic carbocycles. The Labute approximate surface area is 133 Å². The van der Waals surface area contributed by atoms with Gasteiger partial charge in [0.25, 0.3) is 0 Å².